The summed E-state index contributed by atoms with van der Waals surface area (Å²) in [4.78, 5) is 21.6. The predicted octanol–water partition coefficient (Wildman–Crippen LogP) is 0.379. The maximum absolute atomic E-state index is 11.5. The van der Waals surface area contributed by atoms with Gasteiger partial charge in [0.25, 0.3) is 0 Å². The summed E-state index contributed by atoms with van der Waals surface area (Å²) in [6, 6.07) is 6.11. The van der Waals surface area contributed by atoms with Crippen LogP contribution >= 0.6 is 0 Å². The SMILES string of the molecule is CNC(=O)CS(=O)Cc1ccc(C(=O)O)cc1. The second-order valence-electron chi connectivity index (χ2n) is 3.40. The first-order valence-electron chi connectivity index (χ1n) is 4.90. The van der Waals surface area contributed by atoms with Gasteiger partial charge in [0, 0.05) is 23.6 Å². The van der Waals surface area contributed by atoms with Crippen molar-refractivity contribution in [1.82, 2.24) is 5.32 Å². The van der Waals surface area contributed by atoms with Gasteiger partial charge in [0.1, 0.15) is 5.75 Å². The quantitative estimate of drug-likeness (QED) is 0.796. The number of nitrogens with one attached hydrogen (secondary N) is 1. The standard InChI is InChI=1S/C11H13NO4S/c1-12-10(13)7-17(16)6-8-2-4-9(5-3-8)11(14)15/h2-5H,6-7H2,1H3,(H,12,13)(H,14,15). The monoisotopic (exact) mass is 255 g/mol. The molecular weight excluding hydrogens is 242 g/mol. The van der Waals surface area contributed by atoms with E-state index < -0.39 is 16.8 Å². The van der Waals surface area contributed by atoms with E-state index in [0.29, 0.717) is 0 Å². The summed E-state index contributed by atoms with van der Waals surface area (Å²) in [5, 5.41) is 11.1. The lowest BCUT2D eigenvalue weighted by Crippen LogP contribution is -2.24. The summed E-state index contributed by atoms with van der Waals surface area (Å²) in [6.45, 7) is 0. The molecule has 1 unspecified atom stereocenters. The van der Waals surface area contributed by atoms with Gasteiger partial charge >= 0.3 is 5.97 Å². The first-order chi connectivity index (χ1) is 8.02. The van der Waals surface area contributed by atoms with E-state index in [1.54, 1.807) is 12.1 Å². The molecule has 5 nitrogen and oxygen atoms in total. The molecule has 92 valence electrons. The number of amides is 1. The average molecular weight is 255 g/mol. The minimum Gasteiger partial charge on any atom is -0.478 e. The van der Waals surface area contributed by atoms with Gasteiger partial charge in [-0.3, -0.25) is 9.00 Å². The summed E-state index contributed by atoms with van der Waals surface area (Å²) >= 11 is 0. The zero-order chi connectivity index (χ0) is 12.8. The van der Waals surface area contributed by atoms with Gasteiger partial charge in [-0.1, -0.05) is 12.1 Å². The fourth-order valence-corrected chi connectivity index (χ4v) is 2.30. The number of hydrogen-bond acceptors (Lipinski definition) is 3. The van der Waals surface area contributed by atoms with Crippen molar-refractivity contribution in [2.75, 3.05) is 12.8 Å². The zero-order valence-electron chi connectivity index (χ0n) is 9.30. The first kappa shape index (κ1) is 13.4. The van der Waals surface area contributed by atoms with Gasteiger partial charge in [0.05, 0.1) is 5.56 Å². The fraction of sp³-hybridized carbons (Fsp3) is 0.273. The van der Waals surface area contributed by atoms with Crippen LogP contribution in [-0.4, -0.2) is 34.0 Å². The number of carbonyl (C=O) groups excluding carboxylic acids is 1. The van der Waals surface area contributed by atoms with Crippen LogP contribution in [0.25, 0.3) is 0 Å². The molecule has 17 heavy (non-hydrogen) atoms. The number of rotatable bonds is 5. The lowest BCUT2D eigenvalue weighted by Gasteiger charge is -2.02. The van der Waals surface area contributed by atoms with Crippen LogP contribution in [-0.2, 0) is 21.3 Å². The minimum atomic E-state index is -1.28. The van der Waals surface area contributed by atoms with Gasteiger partial charge in [0.2, 0.25) is 5.91 Å². The van der Waals surface area contributed by atoms with Crippen LogP contribution < -0.4 is 5.32 Å². The molecular formula is C11H13NO4S. The molecule has 1 aromatic rings. The van der Waals surface area contributed by atoms with E-state index in [0.717, 1.165) is 5.56 Å². The third-order valence-corrected chi connectivity index (χ3v) is 3.34. The van der Waals surface area contributed by atoms with Crippen molar-refractivity contribution in [2.24, 2.45) is 0 Å². The normalized spacial score (nSPS) is 11.8. The van der Waals surface area contributed by atoms with E-state index in [9.17, 15) is 13.8 Å². The Morgan fingerprint density at radius 1 is 1.29 bits per heavy atom. The van der Waals surface area contributed by atoms with Gasteiger partial charge in [-0.2, -0.15) is 0 Å². The summed E-state index contributed by atoms with van der Waals surface area (Å²) in [5.74, 6) is -1.07. The third kappa shape index (κ3) is 4.36. The molecule has 1 aromatic carbocycles. The summed E-state index contributed by atoms with van der Waals surface area (Å²) in [5.41, 5.74) is 0.933. The Morgan fingerprint density at radius 3 is 2.35 bits per heavy atom. The first-order valence-corrected chi connectivity index (χ1v) is 6.39. The summed E-state index contributed by atoms with van der Waals surface area (Å²) in [6.07, 6.45) is 0. The molecule has 0 bridgehead atoms. The summed E-state index contributed by atoms with van der Waals surface area (Å²) in [7, 11) is 0.210. The van der Waals surface area contributed by atoms with Crippen LogP contribution in [0.5, 0.6) is 0 Å². The van der Waals surface area contributed by atoms with E-state index in [1.807, 2.05) is 0 Å². The van der Waals surface area contributed by atoms with Crippen LogP contribution in [0.3, 0.4) is 0 Å². The van der Waals surface area contributed by atoms with Crippen LogP contribution in [0.2, 0.25) is 0 Å². The zero-order valence-corrected chi connectivity index (χ0v) is 10.1. The van der Waals surface area contributed by atoms with Crippen LogP contribution in [0.1, 0.15) is 15.9 Å². The average Bonchev–Trinajstić information content (AvgIpc) is 2.29. The van der Waals surface area contributed by atoms with Gasteiger partial charge in [-0.05, 0) is 17.7 Å². The smallest absolute Gasteiger partial charge is 0.335 e. The second-order valence-corrected chi connectivity index (χ2v) is 4.86. The van der Waals surface area contributed by atoms with Crippen molar-refractivity contribution in [1.29, 1.82) is 0 Å². The second kappa shape index (κ2) is 6.15. The molecule has 0 aliphatic heterocycles. The highest BCUT2D eigenvalue weighted by atomic mass is 32.2. The Hall–Kier alpha value is -1.69. The molecule has 0 saturated heterocycles. The Kier molecular flexibility index (Phi) is 4.84. The Bertz CT molecular complexity index is 441. The molecule has 0 heterocycles. The maximum atomic E-state index is 11.5. The molecule has 0 aliphatic rings. The lowest BCUT2D eigenvalue weighted by molar-refractivity contribution is -0.118. The van der Waals surface area contributed by atoms with Crippen molar-refractivity contribution >= 4 is 22.7 Å². The molecule has 0 fully saturated rings. The lowest BCUT2D eigenvalue weighted by atomic mass is 10.1. The minimum absolute atomic E-state index is 0.0445. The highest BCUT2D eigenvalue weighted by molar-refractivity contribution is 7.84. The predicted molar refractivity (Wildman–Crippen MR) is 64.2 cm³/mol. The molecule has 0 aromatic heterocycles. The number of benzene rings is 1. The molecule has 6 heteroatoms. The highest BCUT2D eigenvalue weighted by Gasteiger charge is 2.08. The Morgan fingerprint density at radius 2 is 1.88 bits per heavy atom. The van der Waals surface area contributed by atoms with Crippen molar-refractivity contribution in [3.05, 3.63) is 35.4 Å². The van der Waals surface area contributed by atoms with Gasteiger partial charge in [0.15, 0.2) is 0 Å². The van der Waals surface area contributed by atoms with Gasteiger partial charge in [-0.15, -0.1) is 0 Å². The number of carbonyl (C=O) groups is 2. The molecule has 0 spiro atoms. The van der Waals surface area contributed by atoms with Crippen LogP contribution in [0, 0.1) is 0 Å². The molecule has 1 amide bonds. The van der Waals surface area contributed by atoms with E-state index in [1.165, 1.54) is 19.2 Å². The molecule has 0 aliphatic carbocycles. The largest absolute Gasteiger partial charge is 0.478 e. The number of aromatic carboxylic acids is 1. The molecule has 0 saturated carbocycles. The maximum Gasteiger partial charge on any atom is 0.335 e. The van der Waals surface area contributed by atoms with Crippen LogP contribution in [0.4, 0.5) is 0 Å². The highest BCUT2D eigenvalue weighted by Crippen LogP contribution is 2.07. The summed E-state index contributed by atoms with van der Waals surface area (Å²) < 4.78 is 11.5. The van der Waals surface area contributed by atoms with E-state index in [2.05, 4.69) is 5.32 Å². The van der Waals surface area contributed by atoms with E-state index in [4.69, 9.17) is 5.11 Å². The number of carboxylic acids is 1. The van der Waals surface area contributed by atoms with Crippen LogP contribution in [0.15, 0.2) is 24.3 Å². The van der Waals surface area contributed by atoms with Gasteiger partial charge in [-0.25, -0.2) is 4.79 Å². The van der Waals surface area contributed by atoms with Crippen molar-refractivity contribution in [2.45, 2.75) is 5.75 Å². The fourth-order valence-electron chi connectivity index (χ4n) is 1.20. The van der Waals surface area contributed by atoms with E-state index in [-0.39, 0.29) is 23.0 Å². The van der Waals surface area contributed by atoms with Crippen molar-refractivity contribution in [3.63, 3.8) is 0 Å². The number of carboxylic acid groups (broad SMARTS) is 1. The van der Waals surface area contributed by atoms with Crippen molar-refractivity contribution in [3.8, 4) is 0 Å². The van der Waals surface area contributed by atoms with E-state index >= 15 is 0 Å². The van der Waals surface area contributed by atoms with Crippen molar-refractivity contribution < 1.29 is 18.9 Å². The number of hydrogen-bond donors (Lipinski definition) is 2. The third-order valence-electron chi connectivity index (χ3n) is 2.10. The Balaban J connectivity index is 2.60. The molecule has 0 radical (unpaired) electrons. The molecule has 2 N–H and O–H groups in total. The van der Waals surface area contributed by atoms with Gasteiger partial charge < -0.3 is 10.4 Å². The molecule has 1 rings (SSSR count). The molecule has 1 atom stereocenters. The Labute approximate surface area is 101 Å². The topological polar surface area (TPSA) is 83.5 Å².